The molecule has 0 radical (unpaired) electrons. The quantitative estimate of drug-likeness (QED) is 0.754. The summed E-state index contributed by atoms with van der Waals surface area (Å²) in [6.45, 7) is 2.99. The normalized spacial score (nSPS) is 14.8. The Balaban J connectivity index is 1.83. The molecule has 2 aromatic rings. The van der Waals surface area contributed by atoms with E-state index in [4.69, 9.17) is 4.74 Å². The van der Waals surface area contributed by atoms with Gasteiger partial charge in [0, 0.05) is 18.8 Å². The molecule has 0 atom stereocenters. The molecule has 8 nitrogen and oxygen atoms in total. The summed E-state index contributed by atoms with van der Waals surface area (Å²) in [6, 6.07) is 8.91. The first-order chi connectivity index (χ1) is 14.3. The van der Waals surface area contributed by atoms with Crippen LogP contribution in [0.25, 0.3) is 0 Å². The van der Waals surface area contributed by atoms with Gasteiger partial charge in [0.05, 0.1) is 12.0 Å². The molecule has 1 aliphatic rings. The van der Waals surface area contributed by atoms with Crippen molar-refractivity contribution in [2.75, 3.05) is 24.9 Å². The van der Waals surface area contributed by atoms with E-state index in [1.54, 1.807) is 17.9 Å². The van der Waals surface area contributed by atoms with Crippen molar-refractivity contribution in [3.63, 3.8) is 0 Å². The lowest BCUT2D eigenvalue weighted by Gasteiger charge is -2.22. The molecule has 0 bridgehead atoms. The molecule has 9 heteroatoms. The van der Waals surface area contributed by atoms with Gasteiger partial charge in [0.25, 0.3) is 15.6 Å². The highest BCUT2D eigenvalue weighted by molar-refractivity contribution is 7.92. The summed E-state index contributed by atoms with van der Waals surface area (Å²) >= 11 is 0. The summed E-state index contributed by atoms with van der Waals surface area (Å²) in [5, 5.41) is 0. The van der Waals surface area contributed by atoms with E-state index in [9.17, 15) is 18.0 Å². The second-order valence-corrected chi connectivity index (χ2v) is 9.04. The van der Waals surface area contributed by atoms with Crippen molar-refractivity contribution in [2.24, 2.45) is 0 Å². The average molecular weight is 434 g/mol. The number of nitrogens with one attached hydrogen (secondary N) is 1. The maximum atomic E-state index is 12.9. The first-order valence-corrected chi connectivity index (χ1v) is 11.5. The predicted octanol–water partition coefficient (Wildman–Crippen LogP) is 2.37. The third-order valence-corrected chi connectivity index (χ3v) is 6.64. The smallest absolute Gasteiger partial charge is 0.275 e. The van der Waals surface area contributed by atoms with Gasteiger partial charge in [-0.15, -0.1) is 0 Å². The zero-order valence-electron chi connectivity index (χ0n) is 17.3. The van der Waals surface area contributed by atoms with Crippen LogP contribution in [-0.4, -0.2) is 44.0 Å². The number of amides is 1. The van der Waals surface area contributed by atoms with Crippen molar-refractivity contribution in [3.05, 3.63) is 52.4 Å². The Hall–Kier alpha value is -2.81. The number of aromatic nitrogens is 1. The van der Waals surface area contributed by atoms with E-state index in [-0.39, 0.29) is 23.0 Å². The molecule has 0 aliphatic carbocycles. The van der Waals surface area contributed by atoms with Crippen molar-refractivity contribution in [2.45, 2.75) is 44.0 Å². The van der Waals surface area contributed by atoms with Crippen molar-refractivity contribution >= 4 is 21.6 Å². The standard InChI is InChI=1S/C21H27N3O5S/c1-16-7-12-19(22-30(27,28)18-10-8-17(29-2)9-11-18)21(26)24(16)15-20(25)23-13-5-3-4-6-14-23/h7-12,22H,3-6,13-15H2,1-2H3. The molecular formula is C21H27N3O5S. The second-order valence-electron chi connectivity index (χ2n) is 7.36. The van der Waals surface area contributed by atoms with Crippen LogP contribution in [0.4, 0.5) is 5.69 Å². The number of carbonyl (C=O) groups is 1. The monoisotopic (exact) mass is 433 g/mol. The van der Waals surface area contributed by atoms with Gasteiger partial charge in [-0.2, -0.15) is 0 Å². The molecule has 3 rings (SSSR count). The molecule has 1 saturated heterocycles. The van der Waals surface area contributed by atoms with Crippen molar-refractivity contribution in [3.8, 4) is 5.75 Å². The van der Waals surface area contributed by atoms with E-state index in [2.05, 4.69) is 4.72 Å². The molecule has 30 heavy (non-hydrogen) atoms. The number of likely N-dealkylation sites (tertiary alicyclic amines) is 1. The summed E-state index contributed by atoms with van der Waals surface area (Å²) in [5.41, 5.74) is -0.0501. The number of ether oxygens (including phenoxy) is 1. The lowest BCUT2D eigenvalue weighted by molar-refractivity contribution is -0.131. The van der Waals surface area contributed by atoms with Gasteiger partial charge < -0.3 is 14.2 Å². The minimum atomic E-state index is -3.96. The maximum absolute atomic E-state index is 12.9. The highest BCUT2D eigenvalue weighted by Crippen LogP contribution is 2.18. The number of nitrogens with zero attached hydrogens (tertiary/aromatic N) is 2. The van der Waals surface area contributed by atoms with Crippen molar-refractivity contribution in [1.82, 2.24) is 9.47 Å². The van der Waals surface area contributed by atoms with Crippen molar-refractivity contribution in [1.29, 1.82) is 0 Å². The number of hydrogen-bond donors (Lipinski definition) is 1. The molecule has 2 heterocycles. The largest absolute Gasteiger partial charge is 0.497 e. The molecule has 1 fully saturated rings. The third kappa shape index (κ3) is 5.02. The number of anilines is 1. The Morgan fingerprint density at radius 1 is 1.03 bits per heavy atom. The van der Waals surface area contributed by atoms with Gasteiger partial charge in [-0.3, -0.25) is 14.3 Å². The Morgan fingerprint density at radius 2 is 1.67 bits per heavy atom. The van der Waals surface area contributed by atoms with E-state index in [0.29, 0.717) is 24.5 Å². The first kappa shape index (κ1) is 21.9. The zero-order chi connectivity index (χ0) is 21.7. The van der Waals surface area contributed by atoms with Gasteiger partial charge in [-0.25, -0.2) is 8.42 Å². The fourth-order valence-electron chi connectivity index (χ4n) is 3.46. The van der Waals surface area contributed by atoms with E-state index in [1.807, 2.05) is 0 Å². The minimum absolute atomic E-state index is 0.00969. The zero-order valence-corrected chi connectivity index (χ0v) is 18.1. The van der Waals surface area contributed by atoms with E-state index < -0.39 is 15.6 Å². The molecule has 1 aromatic heterocycles. The molecule has 0 unspecified atom stereocenters. The van der Waals surface area contributed by atoms with E-state index >= 15 is 0 Å². The van der Waals surface area contributed by atoms with Gasteiger partial charge in [-0.05, 0) is 56.2 Å². The lowest BCUT2D eigenvalue weighted by Crippen LogP contribution is -2.38. The number of aryl methyl sites for hydroxylation is 1. The topological polar surface area (TPSA) is 97.7 Å². The summed E-state index contributed by atoms with van der Waals surface area (Å²) in [7, 11) is -2.47. The molecule has 1 amide bonds. The summed E-state index contributed by atoms with van der Waals surface area (Å²) in [4.78, 5) is 27.4. The number of rotatable bonds is 6. The van der Waals surface area contributed by atoms with Crippen LogP contribution < -0.4 is 15.0 Å². The van der Waals surface area contributed by atoms with Crippen LogP contribution in [0.5, 0.6) is 5.75 Å². The van der Waals surface area contributed by atoms with Gasteiger partial charge in [0.2, 0.25) is 5.91 Å². The minimum Gasteiger partial charge on any atom is -0.497 e. The third-order valence-electron chi connectivity index (χ3n) is 5.26. The molecule has 1 aromatic carbocycles. The molecule has 1 N–H and O–H groups in total. The summed E-state index contributed by atoms with van der Waals surface area (Å²) in [5.74, 6) is 0.399. The Kier molecular flexibility index (Phi) is 6.81. The van der Waals surface area contributed by atoms with E-state index in [1.165, 1.54) is 42.0 Å². The fourth-order valence-corrected chi connectivity index (χ4v) is 4.52. The molecular weight excluding hydrogens is 406 g/mol. The Morgan fingerprint density at radius 3 is 2.27 bits per heavy atom. The first-order valence-electron chi connectivity index (χ1n) is 9.97. The van der Waals surface area contributed by atoms with Crippen LogP contribution >= 0.6 is 0 Å². The molecule has 0 spiro atoms. The van der Waals surface area contributed by atoms with Crippen LogP contribution in [-0.2, 0) is 21.4 Å². The van der Waals surface area contributed by atoms with Crippen LogP contribution in [0.2, 0.25) is 0 Å². The SMILES string of the molecule is COc1ccc(S(=O)(=O)Nc2ccc(C)n(CC(=O)N3CCCCCC3)c2=O)cc1. The Labute approximate surface area is 176 Å². The van der Waals surface area contributed by atoms with Crippen LogP contribution in [0.1, 0.15) is 31.4 Å². The molecule has 162 valence electrons. The Bertz CT molecular complexity index is 1050. The average Bonchev–Trinajstić information content (AvgIpc) is 3.03. The van der Waals surface area contributed by atoms with E-state index in [0.717, 1.165) is 25.7 Å². The number of pyridine rings is 1. The highest BCUT2D eigenvalue weighted by Gasteiger charge is 2.20. The predicted molar refractivity (Wildman–Crippen MR) is 114 cm³/mol. The second kappa shape index (κ2) is 9.34. The number of methoxy groups -OCH3 is 1. The van der Waals surface area contributed by atoms with Gasteiger partial charge >= 0.3 is 0 Å². The number of hydrogen-bond acceptors (Lipinski definition) is 5. The van der Waals surface area contributed by atoms with Crippen LogP contribution in [0.15, 0.2) is 46.1 Å². The van der Waals surface area contributed by atoms with Crippen LogP contribution in [0, 0.1) is 6.92 Å². The van der Waals surface area contributed by atoms with Gasteiger partial charge in [0.15, 0.2) is 0 Å². The summed E-state index contributed by atoms with van der Waals surface area (Å²) < 4.78 is 34.1. The fraction of sp³-hybridized carbons (Fsp3) is 0.429. The molecule has 0 saturated carbocycles. The number of carbonyl (C=O) groups excluding carboxylic acids is 1. The lowest BCUT2D eigenvalue weighted by atomic mass is 10.2. The number of benzene rings is 1. The van der Waals surface area contributed by atoms with Crippen LogP contribution in [0.3, 0.4) is 0 Å². The summed E-state index contributed by atoms with van der Waals surface area (Å²) in [6.07, 6.45) is 4.12. The van der Waals surface area contributed by atoms with Gasteiger partial charge in [0.1, 0.15) is 18.0 Å². The highest BCUT2D eigenvalue weighted by atomic mass is 32.2. The molecule has 1 aliphatic heterocycles. The van der Waals surface area contributed by atoms with Crippen molar-refractivity contribution < 1.29 is 17.9 Å². The maximum Gasteiger partial charge on any atom is 0.275 e. The van der Waals surface area contributed by atoms with Gasteiger partial charge in [-0.1, -0.05) is 12.8 Å². The number of sulfonamides is 1.